The maximum Gasteiger partial charge on any atom is 0.191 e. The number of aliphatic imine (C=N–C) groups is 1. The van der Waals surface area contributed by atoms with E-state index in [-0.39, 0.29) is 24.0 Å². The van der Waals surface area contributed by atoms with Crippen molar-refractivity contribution in [2.75, 3.05) is 40.0 Å². The van der Waals surface area contributed by atoms with Gasteiger partial charge in [-0.2, -0.15) is 0 Å². The van der Waals surface area contributed by atoms with Crippen molar-refractivity contribution in [3.63, 3.8) is 0 Å². The van der Waals surface area contributed by atoms with Crippen molar-refractivity contribution in [3.05, 3.63) is 24.2 Å². The van der Waals surface area contributed by atoms with Gasteiger partial charge in [-0.15, -0.1) is 24.0 Å². The highest BCUT2D eigenvalue weighted by molar-refractivity contribution is 14.0. The lowest BCUT2D eigenvalue weighted by Crippen LogP contribution is -2.40. The zero-order chi connectivity index (χ0) is 16.2. The first-order valence-corrected chi connectivity index (χ1v) is 8.53. The summed E-state index contributed by atoms with van der Waals surface area (Å²) in [4.78, 5) is 4.64. The van der Waals surface area contributed by atoms with Gasteiger partial charge < -0.3 is 24.5 Å². The molecule has 2 heterocycles. The Kier molecular flexibility index (Phi) is 11.9. The van der Waals surface area contributed by atoms with Crippen LogP contribution in [0, 0.1) is 0 Å². The third kappa shape index (κ3) is 8.89. The van der Waals surface area contributed by atoms with Crippen molar-refractivity contribution < 1.29 is 13.9 Å². The van der Waals surface area contributed by atoms with Gasteiger partial charge in [0.25, 0.3) is 0 Å². The number of hydrogen-bond acceptors (Lipinski definition) is 4. The highest BCUT2D eigenvalue weighted by Gasteiger charge is 2.13. The molecule has 7 heteroatoms. The molecule has 1 atom stereocenters. The molecule has 0 aliphatic carbocycles. The first kappa shape index (κ1) is 21.2. The number of hydrogen-bond donors (Lipinski definition) is 2. The fourth-order valence-corrected chi connectivity index (χ4v) is 2.56. The standard InChI is InChI=1S/C17H29N3O3.HI/c1-21-14-11-20-17(19-10-8-16-6-4-13-23-16)18-9-7-15-5-2-3-12-22-15;/h4,6,13,15H,2-3,5,7-12,14H2,1H3,(H2,18,19,20);1H. The predicted molar refractivity (Wildman–Crippen MR) is 106 cm³/mol. The molecule has 0 spiro atoms. The Balaban J connectivity index is 0.00000288. The fraction of sp³-hybridized carbons (Fsp3) is 0.706. The summed E-state index contributed by atoms with van der Waals surface area (Å²) in [7, 11) is 1.70. The van der Waals surface area contributed by atoms with E-state index in [9.17, 15) is 0 Å². The van der Waals surface area contributed by atoms with Crippen LogP contribution in [0.25, 0.3) is 0 Å². The molecule has 1 aromatic rings. The van der Waals surface area contributed by atoms with Crippen LogP contribution in [0.1, 0.15) is 31.4 Å². The molecule has 1 aliphatic rings. The average Bonchev–Trinajstić information content (AvgIpc) is 3.09. The van der Waals surface area contributed by atoms with E-state index in [0.717, 1.165) is 57.2 Å². The lowest BCUT2D eigenvalue weighted by Gasteiger charge is -2.21. The zero-order valence-corrected chi connectivity index (χ0v) is 16.8. The second kappa shape index (κ2) is 13.5. The van der Waals surface area contributed by atoms with Gasteiger partial charge in [0.15, 0.2) is 5.96 Å². The third-order valence-electron chi connectivity index (χ3n) is 3.84. The molecular formula is C17H30IN3O3. The second-order valence-corrected chi connectivity index (χ2v) is 5.68. The highest BCUT2D eigenvalue weighted by Crippen LogP contribution is 2.15. The summed E-state index contributed by atoms with van der Waals surface area (Å²) in [5.74, 6) is 1.80. The van der Waals surface area contributed by atoms with E-state index in [1.54, 1.807) is 13.4 Å². The maximum absolute atomic E-state index is 5.75. The SMILES string of the molecule is COCCNC(=NCCC1CCCCO1)NCCc1ccco1.I. The largest absolute Gasteiger partial charge is 0.469 e. The maximum atomic E-state index is 5.75. The molecule has 2 rings (SSSR count). The molecule has 24 heavy (non-hydrogen) atoms. The Morgan fingerprint density at radius 2 is 2.21 bits per heavy atom. The van der Waals surface area contributed by atoms with Crippen molar-refractivity contribution >= 4 is 29.9 Å². The average molecular weight is 451 g/mol. The number of methoxy groups -OCH3 is 1. The summed E-state index contributed by atoms with van der Waals surface area (Å²) >= 11 is 0. The summed E-state index contributed by atoms with van der Waals surface area (Å²) < 4.78 is 16.2. The lowest BCUT2D eigenvalue weighted by atomic mass is 10.1. The summed E-state index contributed by atoms with van der Waals surface area (Å²) in [5, 5.41) is 6.62. The van der Waals surface area contributed by atoms with Crippen LogP contribution >= 0.6 is 24.0 Å². The van der Waals surface area contributed by atoms with Crippen LogP contribution < -0.4 is 10.6 Å². The smallest absolute Gasteiger partial charge is 0.191 e. The monoisotopic (exact) mass is 451 g/mol. The molecule has 0 radical (unpaired) electrons. The third-order valence-corrected chi connectivity index (χ3v) is 3.84. The van der Waals surface area contributed by atoms with Gasteiger partial charge in [-0.25, -0.2) is 0 Å². The summed E-state index contributed by atoms with van der Waals surface area (Å²) in [6.45, 7) is 3.85. The van der Waals surface area contributed by atoms with E-state index in [2.05, 4.69) is 15.6 Å². The quantitative estimate of drug-likeness (QED) is 0.262. The normalized spacial score (nSPS) is 18.0. The van der Waals surface area contributed by atoms with Gasteiger partial charge in [0.2, 0.25) is 0 Å². The van der Waals surface area contributed by atoms with Crippen LogP contribution in [-0.2, 0) is 15.9 Å². The topological polar surface area (TPSA) is 68.0 Å². The molecule has 0 saturated carbocycles. The molecule has 0 bridgehead atoms. The summed E-state index contributed by atoms with van der Waals surface area (Å²) in [6.07, 6.45) is 7.51. The molecule has 1 fully saturated rings. The molecule has 6 nitrogen and oxygen atoms in total. The zero-order valence-electron chi connectivity index (χ0n) is 14.5. The number of nitrogens with zero attached hydrogens (tertiary/aromatic N) is 1. The molecule has 1 saturated heterocycles. The Bertz CT molecular complexity index is 434. The number of nitrogens with one attached hydrogen (secondary N) is 2. The van der Waals surface area contributed by atoms with E-state index < -0.39 is 0 Å². The van der Waals surface area contributed by atoms with Crippen LogP contribution in [0.15, 0.2) is 27.8 Å². The Labute approximate surface area is 161 Å². The van der Waals surface area contributed by atoms with Crippen LogP contribution in [0.2, 0.25) is 0 Å². The fourth-order valence-electron chi connectivity index (χ4n) is 2.56. The van der Waals surface area contributed by atoms with E-state index in [1.807, 2.05) is 12.1 Å². The van der Waals surface area contributed by atoms with Crippen LogP contribution in [-0.4, -0.2) is 52.0 Å². The van der Waals surface area contributed by atoms with Gasteiger partial charge in [-0.3, -0.25) is 4.99 Å². The minimum absolute atomic E-state index is 0. The molecule has 0 aromatic carbocycles. The van der Waals surface area contributed by atoms with Crippen molar-refractivity contribution in [3.8, 4) is 0 Å². The minimum Gasteiger partial charge on any atom is -0.469 e. The molecule has 1 aliphatic heterocycles. The molecular weight excluding hydrogens is 421 g/mol. The first-order valence-electron chi connectivity index (χ1n) is 8.53. The van der Waals surface area contributed by atoms with Crippen LogP contribution in [0.5, 0.6) is 0 Å². The predicted octanol–water partition coefficient (Wildman–Crippen LogP) is 2.58. The molecule has 2 N–H and O–H groups in total. The van der Waals surface area contributed by atoms with Gasteiger partial charge in [-0.1, -0.05) is 0 Å². The summed E-state index contributed by atoms with van der Waals surface area (Å²) in [6, 6.07) is 3.89. The van der Waals surface area contributed by atoms with Gasteiger partial charge >= 0.3 is 0 Å². The van der Waals surface area contributed by atoms with Crippen molar-refractivity contribution in [1.82, 2.24) is 10.6 Å². The Morgan fingerprint density at radius 1 is 1.33 bits per heavy atom. The number of furan rings is 1. The van der Waals surface area contributed by atoms with Crippen LogP contribution in [0.4, 0.5) is 0 Å². The number of ether oxygens (including phenoxy) is 2. The lowest BCUT2D eigenvalue weighted by molar-refractivity contribution is 0.0129. The molecule has 1 unspecified atom stereocenters. The van der Waals surface area contributed by atoms with Crippen molar-refractivity contribution in [1.29, 1.82) is 0 Å². The van der Waals surface area contributed by atoms with Crippen LogP contribution in [0.3, 0.4) is 0 Å². The van der Waals surface area contributed by atoms with E-state index >= 15 is 0 Å². The first-order chi connectivity index (χ1) is 11.4. The van der Waals surface area contributed by atoms with E-state index in [4.69, 9.17) is 13.9 Å². The van der Waals surface area contributed by atoms with Crippen molar-refractivity contribution in [2.24, 2.45) is 4.99 Å². The highest BCUT2D eigenvalue weighted by atomic mass is 127. The molecule has 0 amide bonds. The van der Waals surface area contributed by atoms with Gasteiger partial charge in [0, 0.05) is 39.8 Å². The number of rotatable bonds is 9. The van der Waals surface area contributed by atoms with E-state index in [1.165, 1.54) is 12.8 Å². The van der Waals surface area contributed by atoms with Gasteiger partial charge in [-0.05, 0) is 37.8 Å². The molecule has 1 aromatic heterocycles. The second-order valence-electron chi connectivity index (χ2n) is 5.68. The Morgan fingerprint density at radius 3 is 2.92 bits per heavy atom. The Hall–Kier alpha value is -0.800. The number of guanidine groups is 1. The molecule has 138 valence electrons. The summed E-state index contributed by atoms with van der Waals surface area (Å²) in [5.41, 5.74) is 0. The van der Waals surface area contributed by atoms with E-state index in [0.29, 0.717) is 12.7 Å². The number of halogens is 1. The van der Waals surface area contributed by atoms with Crippen molar-refractivity contribution in [2.45, 2.75) is 38.2 Å². The van der Waals surface area contributed by atoms with Gasteiger partial charge in [0.1, 0.15) is 5.76 Å². The van der Waals surface area contributed by atoms with Gasteiger partial charge in [0.05, 0.1) is 19.0 Å². The minimum atomic E-state index is 0.